The second-order valence-corrected chi connectivity index (χ2v) is 10.6. The average molecular weight is 509 g/mol. The third kappa shape index (κ3) is 5.93. The first-order chi connectivity index (χ1) is 15.3. The SMILES string of the molecule is Cc1nc(N2CCN(S(=O)(=O)c3ccc(OC(F)(F)F)cc3)[C@@H](C(=O)O)C2)sc1CN(C)C. The summed E-state index contributed by atoms with van der Waals surface area (Å²) < 4.78 is 67.8. The molecule has 1 aromatic carbocycles. The predicted molar refractivity (Wildman–Crippen MR) is 115 cm³/mol. The Labute approximate surface area is 193 Å². The number of hydrogen-bond donors (Lipinski definition) is 1. The summed E-state index contributed by atoms with van der Waals surface area (Å²) in [5, 5.41) is 10.3. The van der Waals surface area contributed by atoms with Gasteiger partial charge in [-0.1, -0.05) is 0 Å². The molecule has 1 aliphatic rings. The van der Waals surface area contributed by atoms with Crippen molar-refractivity contribution in [3.05, 3.63) is 34.8 Å². The summed E-state index contributed by atoms with van der Waals surface area (Å²) in [6, 6.07) is 2.27. The lowest BCUT2D eigenvalue weighted by Gasteiger charge is -2.38. The van der Waals surface area contributed by atoms with Gasteiger partial charge in [-0.15, -0.1) is 24.5 Å². The summed E-state index contributed by atoms with van der Waals surface area (Å²) in [4.78, 5) is 20.9. The Kier molecular flexibility index (Phi) is 7.21. The number of rotatable bonds is 7. The minimum Gasteiger partial charge on any atom is -0.480 e. The third-order valence-electron chi connectivity index (χ3n) is 4.89. The maximum absolute atomic E-state index is 13.1. The lowest BCUT2D eigenvalue weighted by atomic mass is 10.2. The molecule has 182 valence electrons. The van der Waals surface area contributed by atoms with Gasteiger partial charge in [0.2, 0.25) is 10.0 Å². The quantitative estimate of drug-likeness (QED) is 0.608. The van der Waals surface area contributed by atoms with Crippen molar-refractivity contribution in [1.29, 1.82) is 0 Å². The first kappa shape index (κ1) is 25.2. The normalized spacial score (nSPS) is 18.0. The van der Waals surface area contributed by atoms with E-state index in [4.69, 9.17) is 0 Å². The van der Waals surface area contributed by atoms with E-state index in [1.54, 1.807) is 4.90 Å². The molecular formula is C19H23F3N4O5S2. The van der Waals surface area contributed by atoms with Crippen LogP contribution >= 0.6 is 11.3 Å². The highest BCUT2D eigenvalue weighted by Crippen LogP contribution is 2.31. The summed E-state index contributed by atoms with van der Waals surface area (Å²) in [6.07, 6.45) is -4.91. The number of carboxylic acid groups (broad SMARTS) is 1. The van der Waals surface area contributed by atoms with E-state index in [0.717, 1.165) is 39.1 Å². The molecule has 1 aromatic heterocycles. The standard InChI is InChI=1S/C19H23F3N4O5S2/c1-12-16(11-24(2)3)32-18(23-12)25-8-9-26(15(10-25)17(27)28)33(29,30)14-6-4-13(5-7-14)31-19(20,21)22/h4-7,15H,8-11H2,1-3H3,(H,27,28)/t15-/m1/s1. The van der Waals surface area contributed by atoms with Crippen LogP contribution in [-0.2, 0) is 21.4 Å². The van der Waals surface area contributed by atoms with E-state index in [9.17, 15) is 31.5 Å². The number of carboxylic acids is 1. The molecule has 1 aliphatic heterocycles. The van der Waals surface area contributed by atoms with Gasteiger partial charge in [-0.2, -0.15) is 4.31 Å². The Bertz CT molecular complexity index is 1100. The van der Waals surface area contributed by atoms with Gasteiger partial charge in [-0.25, -0.2) is 13.4 Å². The van der Waals surface area contributed by atoms with E-state index in [2.05, 4.69) is 9.72 Å². The van der Waals surface area contributed by atoms with E-state index in [1.807, 2.05) is 25.9 Å². The zero-order chi connectivity index (χ0) is 24.6. The fourth-order valence-corrected chi connectivity index (χ4v) is 6.14. The number of alkyl halides is 3. The van der Waals surface area contributed by atoms with Crippen LogP contribution in [0.1, 0.15) is 10.6 Å². The second-order valence-electron chi connectivity index (χ2n) is 7.68. The molecule has 0 amide bonds. The lowest BCUT2D eigenvalue weighted by molar-refractivity contribution is -0.274. The van der Waals surface area contributed by atoms with E-state index < -0.39 is 34.1 Å². The molecule has 14 heteroatoms. The van der Waals surface area contributed by atoms with Gasteiger partial charge in [0.15, 0.2) is 5.13 Å². The molecule has 0 bridgehead atoms. The van der Waals surface area contributed by atoms with Crippen molar-refractivity contribution in [3.8, 4) is 5.75 Å². The number of nitrogens with zero attached hydrogens (tertiary/aromatic N) is 4. The van der Waals surface area contributed by atoms with Gasteiger partial charge in [0.25, 0.3) is 0 Å². The molecule has 0 radical (unpaired) electrons. The van der Waals surface area contributed by atoms with Crippen molar-refractivity contribution in [3.63, 3.8) is 0 Å². The second kappa shape index (κ2) is 9.44. The van der Waals surface area contributed by atoms with Gasteiger partial charge in [-0.3, -0.25) is 4.79 Å². The Hall–Kier alpha value is -2.42. The topological polar surface area (TPSA) is 103 Å². The van der Waals surface area contributed by atoms with Gasteiger partial charge < -0.3 is 19.6 Å². The van der Waals surface area contributed by atoms with Crippen LogP contribution in [0.5, 0.6) is 5.75 Å². The first-order valence-corrected chi connectivity index (χ1v) is 12.0. The van der Waals surface area contributed by atoms with Gasteiger partial charge in [-0.05, 0) is 45.3 Å². The Morgan fingerprint density at radius 1 is 1.27 bits per heavy atom. The summed E-state index contributed by atoms with van der Waals surface area (Å²) in [5.74, 6) is -1.91. The molecule has 1 saturated heterocycles. The number of aliphatic carboxylic acids is 1. The molecule has 2 heterocycles. The van der Waals surface area contributed by atoms with Gasteiger partial charge in [0.05, 0.1) is 10.6 Å². The van der Waals surface area contributed by atoms with Crippen molar-refractivity contribution < 1.29 is 36.2 Å². The van der Waals surface area contributed by atoms with Crippen LogP contribution in [0.3, 0.4) is 0 Å². The molecule has 1 fully saturated rings. The first-order valence-electron chi connectivity index (χ1n) is 9.74. The van der Waals surface area contributed by atoms with Crippen molar-refractivity contribution in [2.24, 2.45) is 0 Å². The fourth-order valence-electron chi connectivity index (χ4n) is 3.36. The smallest absolute Gasteiger partial charge is 0.480 e. The van der Waals surface area contributed by atoms with Crippen molar-refractivity contribution in [1.82, 2.24) is 14.2 Å². The van der Waals surface area contributed by atoms with E-state index >= 15 is 0 Å². The molecule has 1 N–H and O–H groups in total. The van der Waals surface area contributed by atoms with Crippen LogP contribution in [0, 0.1) is 6.92 Å². The molecule has 0 saturated carbocycles. The van der Waals surface area contributed by atoms with Crippen molar-refractivity contribution >= 4 is 32.5 Å². The number of hydrogen-bond acceptors (Lipinski definition) is 8. The Balaban J connectivity index is 1.81. The fraction of sp³-hybridized carbons (Fsp3) is 0.474. The molecule has 2 aromatic rings. The molecule has 0 unspecified atom stereocenters. The van der Waals surface area contributed by atoms with Crippen LogP contribution in [0.2, 0.25) is 0 Å². The number of sulfonamides is 1. The van der Waals surface area contributed by atoms with Crippen molar-refractivity contribution in [2.75, 3.05) is 38.6 Å². The zero-order valence-corrected chi connectivity index (χ0v) is 19.7. The maximum Gasteiger partial charge on any atom is 0.573 e. The third-order valence-corrected chi connectivity index (χ3v) is 8.02. The maximum atomic E-state index is 13.1. The molecule has 1 atom stereocenters. The van der Waals surface area contributed by atoms with Crippen LogP contribution < -0.4 is 9.64 Å². The summed E-state index contributed by atoms with van der Waals surface area (Å²) in [5.41, 5.74) is 0.826. The highest BCUT2D eigenvalue weighted by atomic mass is 32.2. The van der Waals surface area contributed by atoms with E-state index in [1.165, 1.54) is 11.3 Å². The number of ether oxygens (including phenoxy) is 1. The number of aromatic nitrogens is 1. The number of thiazole rings is 1. The highest BCUT2D eigenvalue weighted by Gasteiger charge is 2.41. The van der Waals surface area contributed by atoms with E-state index in [-0.39, 0.29) is 24.5 Å². The summed E-state index contributed by atoms with van der Waals surface area (Å²) in [7, 11) is -0.433. The Morgan fingerprint density at radius 3 is 2.45 bits per heavy atom. The van der Waals surface area contributed by atoms with Crippen molar-refractivity contribution in [2.45, 2.75) is 30.8 Å². The molecule has 3 rings (SSSR count). The monoisotopic (exact) mass is 508 g/mol. The molecular weight excluding hydrogens is 485 g/mol. The van der Waals surface area contributed by atoms with Gasteiger partial charge in [0, 0.05) is 31.1 Å². The van der Waals surface area contributed by atoms with Crippen LogP contribution in [0.15, 0.2) is 29.2 Å². The summed E-state index contributed by atoms with van der Waals surface area (Å²) in [6.45, 7) is 2.52. The molecule has 33 heavy (non-hydrogen) atoms. The predicted octanol–water partition coefficient (Wildman–Crippen LogP) is 2.38. The highest BCUT2D eigenvalue weighted by molar-refractivity contribution is 7.89. The average Bonchev–Trinajstić information content (AvgIpc) is 3.06. The minimum atomic E-state index is -4.91. The molecule has 9 nitrogen and oxygen atoms in total. The number of piperazine rings is 1. The number of benzene rings is 1. The number of anilines is 1. The minimum absolute atomic E-state index is 0.113. The number of carbonyl (C=O) groups is 1. The summed E-state index contributed by atoms with van der Waals surface area (Å²) >= 11 is 1.43. The molecule has 0 aliphatic carbocycles. The Morgan fingerprint density at radius 2 is 1.91 bits per heavy atom. The van der Waals surface area contributed by atoms with Gasteiger partial charge >= 0.3 is 12.3 Å². The number of aryl methyl sites for hydroxylation is 1. The van der Waals surface area contributed by atoms with E-state index in [0.29, 0.717) is 11.7 Å². The van der Waals surface area contributed by atoms with Gasteiger partial charge in [0.1, 0.15) is 11.8 Å². The van der Waals surface area contributed by atoms with Crippen LogP contribution in [-0.4, -0.2) is 79.8 Å². The number of halogens is 3. The van der Waals surface area contributed by atoms with Crippen LogP contribution in [0.25, 0.3) is 0 Å². The largest absolute Gasteiger partial charge is 0.573 e. The zero-order valence-electron chi connectivity index (χ0n) is 18.0. The van der Waals surface area contributed by atoms with Crippen LogP contribution in [0.4, 0.5) is 18.3 Å². The lowest BCUT2D eigenvalue weighted by Crippen LogP contribution is -2.58. The molecule has 0 spiro atoms.